The van der Waals surface area contributed by atoms with Gasteiger partial charge in [0.25, 0.3) is 0 Å². The van der Waals surface area contributed by atoms with Crippen molar-refractivity contribution >= 4 is 11.5 Å². The largest absolute Gasteiger partial charge is 0.395 e. The van der Waals surface area contributed by atoms with E-state index in [1.807, 2.05) is 12.3 Å². The summed E-state index contributed by atoms with van der Waals surface area (Å²) in [6.45, 7) is 4.00. The molecule has 1 saturated carbocycles. The summed E-state index contributed by atoms with van der Waals surface area (Å²) in [5.41, 5.74) is 1.17. The fourth-order valence-corrected chi connectivity index (χ4v) is 2.28. The van der Waals surface area contributed by atoms with Gasteiger partial charge in [-0.3, -0.25) is 0 Å². The van der Waals surface area contributed by atoms with E-state index in [4.69, 9.17) is 0 Å². The van der Waals surface area contributed by atoms with Gasteiger partial charge in [-0.25, -0.2) is 4.98 Å². The van der Waals surface area contributed by atoms with E-state index in [1.54, 1.807) is 0 Å². The summed E-state index contributed by atoms with van der Waals surface area (Å²) in [5, 5.41) is 12.5. The summed E-state index contributed by atoms with van der Waals surface area (Å²) in [6.07, 6.45) is 6.71. The topological polar surface area (TPSA) is 48.4 Å². The molecule has 4 heteroatoms. The fourth-order valence-electron chi connectivity index (χ4n) is 2.28. The van der Waals surface area contributed by atoms with E-state index in [9.17, 15) is 5.11 Å². The Bertz CT molecular complexity index is 366. The zero-order valence-corrected chi connectivity index (χ0v) is 11.1. The summed E-state index contributed by atoms with van der Waals surface area (Å²) >= 11 is 0. The molecule has 0 unspecified atom stereocenters. The maximum Gasteiger partial charge on any atom is 0.127 e. The van der Waals surface area contributed by atoms with Gasteiger partial charge in [-0.15, -0.1) is 0 Å². The van der Waals surface area contributed by atoms with Crippen LogP contribution in [0.1, 0.15) is 32.6 Å². The van der Waals surface area contributed by atoms with Gasteiger partial charge in [-0.2, -0.15) is 0 Å². The molecule has 0 saturated heterocycles. The van der Waals surface area contributed by atoms with E-state index < -0.39 is 0 Å². The van der Waals surface area contributed by atoms with Crippen molar-refractivity contribution in [2.75, 3.05) is 29.9 Å². The zero-order chi connectivity index (χ0) is 12.8. The Balaban J connectivity index is 2.08. The highest BCUT2D eigenvalue weighted by molar-refractivity contribution is 5.54. The highest BCUT2D eigenvalue weighted by Gasteiger charge is 2.24. The van der Waals surface area contributed by atoms with Gasteiger partial charge in [0.15, 0.2) is 0 Å². The van der Waals surface area contributed by atoms with Crippen LogP contribution in [0.3, 0.4) is 0 Å². The quantitative estimate of drug-likeness (QED) is 0.778. The Labute approximate surface area is 109 Å². The molecule has 100 valence electrons. The van der Waals surface area contributed by atoms with E-state index in [1.165, 1.54) is 24.9 Å². The molecule has 0 radical (unpaired) electrons. The standard InChI is InChI=1S/C14H23N3O/c1-2-7-15-14-11-13(6-8-16-14)17(9-10-18)12-4-3-5-12/h6,8,11-12,18H,2-5,7,9-10H2,1H3,(H,15,16). The van der Waals surface area contributed by atoms with Crippen molar-refractivity contribution in [1.82, 2.24) is 4.98 Å². The first-order valence-electron chi connectivity index (χ1n) is 6.92. The van der Waals surface area contributed by atoms with Crippen molar-refractivity contribution in [3.8, 4) is 0 Å². The lowest BCUT2D eigenvalue weighted by Gasteiger charge is -2.39. The lowest BCUT2D eigenvalue weighted by atomic mass is 9.91. The molecule has 0 amide bonds. The maximum absolute atomic E-state index is 9.20. The highest BCUT2D eigenvalue weighted by atomic mass is 16.3. The van der Waals surface area contributed by atoms with E-state index in [0.29, 0.717) is 12.6 Å². The predicted molar refractivity (Wildman–Crippen MR) is 75.1 cm³/mol. The average Bonchev–Trinajstić information content (AvgIpc) is 2.34. The molecule has 1 heterocycles. The second kappa shape index (κ2) is 6.59. The van der Waals surface area contributed by atoms with Gasteiger partial charge in [0, 0.05) is 37.1 Å². The number of nitrogens with zero attached hydrogens (tertiary/aromatic N) is 2. The molecule has 1 aliphatic carbocycles. The predicted octanol–water partition coefficient (Wildman–Crippen LogP) is 2.25. The number of aliphatic hydroxyl groups excluding tert-OH is 1. The first-order valence-corrected chi connectivity index (χ1v) is 6.92. The van der Waals surface area contributed by atoms with Crippen molar-refractivity contribution in [3.63, 3.8) is 0 Å². The number of hydrogen-bond acceptors (Lipinski definition) is 4. The van der Waals surface area contributed by atoms with Gasteiger partial charge in [0.1, 0.15) is 5.82 Å². The number of aliphatic hydroxyl groups is 1. The number of anilines is 2. The third kappa shape index (κ3) is 3.13. The van der Waals surface area contributed by atoms with Crippen LogP contribution in [-0.4, -0.2) is 35.8 Å². The third-order valence-electron chi connectivity index (χ3n) is 3.49. The van der Waals surface area contributed by atoms with Crippen molar-refractivity contribution in [3.05, 3.63) is 18.3 Å². The normalized spacial score (nSPS) is 15.2. The fraction of sp³-hybridized carbons (Fsp3) is 0.643. The molecule has 2 N–H and O–H groups in total. The van der Waals surface area contributed by atoms with Crippen LogP contribution in [-0.2, 0) is 0 Å². The van der Waals surface area contributed by atoms with Gasteiger partial charge in [0.2, 0.25) is 0 Å². The van der Waals surface area contributed by atoms with Crippen LogP contribution < -0.4 is 10.2 Å². The Morgan fingerprint density at radius 1 is 1.50 bits per heavy atom. The monoisotopic (exact) mass is 249 g/mol. The molecule has 1 aromatic rings. The molecule has 0 bridgehead atoms. The van der Waals surface area contributed by atoms with Crippen molar-refractivity contribution < 1.29 is 5.11 Å². The molecule has 1 aromatic heterocycles. The minimum atomic E-state index is 0.205. The SMILES string of the molecule is CCCNc1cc(N(CCO)C2CCC2)ccn1. The zero-order valence-electron chi connectivity index (χ0n) is 11.1. The second-order valence-electron chi connectivity index (χ2n) is 4.83. The van der Waals surface area contributed by atoms with Gasteiger partial charge >= 0.3 is 0 Å². The Hall–Kier alpha value is -1.29. The molecule has 1 fully saturated rings. The van der Waals surface area contributed by atoms with Crippen molar-refractivity contribution in [2.45, 2.75) is 38.6 Å². The molecule has 1 aliphatic rings. The second-order valence-corrected chi connectivity index (χ2v) is 4.83. The lowest BCUT2D eigenvalue weighted by Crippen LogP contribution is -2.42. The lowest BCUT2D eigenvalue weighted by molar-refractivity contribution is 0.283. The van der Waals surface area contributed by atoms with Crippen LogP contribution in [0.25, 0.3) is 0 Å². The number of hydrogen-bond donors (Lipinski definition) is 2. The Morgan fingerprint density at radius 3 is 2.94 bits per heavy atom. The van der Waals surface area contributed by atoms with E-state index in [2.05, 4.69) is 28.2 Å². The van der Waals surface area contributed by atoms with Gasteiger partial charge in [-0.1, -0.05) is 6.92 Å². The van der Waals surface area contributed by atoms with Crippen LogP contribution in [0.5, 0.6) is 0 Å². The third-order valence-corrected chi connectivity index (χ3v) is 3.49. The summed E-state index contributed by atoms with van der Waals surface area (Å²) < 4.78 is 0. The number of pyridine rings is 1. The molecular weight excluding hydrogens is 226 g/mol. The number of aromatic nitrogens is 1. The van der Waals surface area contributed by atoms with Crippen molar-refractivity contribution in [2.24, 2.45) is 0 Å². The maximum atomic E-state index is 9.20. The van der Waals surface area contributed by atoms with Crippen LogP contribution >= 0.6 is 0 Å². The van der Waals surface area contributed by atoms with Crippen LogP contribution in [0.4, 0.5) is 11.5 Å². The van der Waals surface area contributed by atoms with Gasteiger partial charge < -0.3 is 15.3 Å². The van der Waals surface area contributed by atoms with Gasteiger partial charge in [-0.05, 0) is 31.7 Å². The Kier molecular flexibility index (Phi) is 4.81. The number of rotatable bonds is 7. The summed E-state index contributed by atoms with van der Waals surface area (Å²) in [4.78, 5) is 6.63. The smallest absolute Gasteiger partial charge is 0.127 e. The molecule has 2 rings (SSSR count). The molecule has 0 aromatic carbocycles. The van der Waals surface area contributed by atoms with Crippen LogP contribution in [0.2, 0.25) is 0 Å². The van der Waals surface area contributed by atoms with Crippen LogP contribution in [0.15, 0.2) is 18.3 Å². The minimum Gasteiger partial charge on any atom is -0.395 e. The minimum absolute atomic E-state index is 0.205. The molecule has 18 heavy (non-hydrogen) atoms. The highest BCUT2D eigenvalue weighted by Crippen LogP contribution is 2.29. The Morgan fingerprint density at radius 2 is 2.33 bits per heavy atom. The summed E-state index contributed by atoms with van der Waals surface area (Å²) in [7, 11) is 0. The summed E-state index contributed by atoms with van der Waals surface area (Å²) in [5.74, 6) is 0.927. The average molecular weight is 249 g/mol. The van der Waals surface area contributed by atoms with Crippen molar-refractivity contribution in [1.29, 1.82) is 0 Å². The van der Waals surface area contributed by atoms with E-state index in [0.717, 1.165) is 18.8 Å². The molecule has 0 aliphatic heterocycles. The first kappa shape index (κ1) is 13.1. The first-order chi connectivity index (χ1) is 8.85. The number of nitrogens with one attached hydrogen (secondary N) is 1. The van der Waals surface area contributed by atoms with Crippen LogP contribution in [0, 0.1) is 0 Å². The van der Waals surface area contributed by atoms with Gasteiger partial charge in [0.05, 0.1) is 6.61 Å². The van der Waals surface area contributed by atoms with E-state index in [-0.39, 0.29) is 6.61 Å². The molecular formula is C14H23N3O. The molecule has 0 atom stereocenters. The molecule has 4 nitrogen and oxygen atoms in total. The molecule has 0 spiro atoms. The van der Waals surface area contributed by atoms with E-state index >= 15 is 0 Å². The summed E-state index contributed by atoms with van der Waals surface area (Å²) in [6, 6.07) is 4.72.